The molecule has 1 saturated heterocycles. The number of halogens is 1. The van der Waals surface area contributed by atoms with E-state index in [9.17, 15) is 10.1 Å². The topological polar surface area (TPSA) is 110 Å². The van der Waals surface area contributed by atoms with Crippen LogP contribution < -0.4 is 10.1 Å². The minimum Gasteiger partial charge on any atom is -0.497 e. The Kier molecular flexibility index (Phi) is 8.01. The van der Waals surface area contributed by atoms with Crippen LogP contribution in [0.1, 0.15) is 98.8 Å². The standard InChI is InChI=1S/C36H38ClN7O3/c1-36(2,3)47-35(45)42-16-15-25(21-42)44-34(39-19-22-5-11-26(46-4)12-6-22)29(18-38)32(41-44)14-13-27-30-20-40-43(24-9-10-24)33(30)28(17-31(27)37)23-7-8-23/h5-6,11-12,17,20,23-25,39H,7-10,15-16,19,21H2,1-4H3/t25-/m0/s1. The van der Waals surface area contributed by atoms with Crippen molar-refractivity contribution in [3.05, 3.63) is 69.5 Å². The number of nitriles is 1. The molecule has 0 unspecified atom stereocenters. The molecule has 10 nitrogen and oxygen atoms in total. The highest BCUT2D eigenvalue weighted by Crippen LogP contribution is 2.47. The van der Waals surface area contributed by atoms with Gasteiger partial charge < -0.3 is 19.7 Å². The van der Waals surface area contributed by atoms with Crippen molar-refractivity contribution in [2.45, 2.75) is 83.0 Å². The molecule has 2 saturated carbocycles. The molecule has 4 aromatic rings. The second kappa shape index (κ2) is 12.2. The highest BCUT2D eigenvalue weighted by molar-refractivity contribution is 6.33. The third-order valence-electron chi connectivity index (χ3n) is 8.88. The molecular formula is C36H38ClN7O3. The molecule has 2 aromatic carbocycles. The second-order valence-electron chi connectivity index (χ2n) is 13.6. The molecular weight excluding hydrogens is 614 g/mol. The van der Waals surface area contributed by atoms with E-state index in [1.54, 1.807) is 12.0 Å². The van der Waals surface area contributed by atoms with Crippen molar-refractivity contribution < 1.29 is 14.3 Å². The van der Waals surface area contributed by atoms with Gasteiger partial charge in [0.05, 0.1) is 41.5 Å². The van der Waals surface area contributed by atoms with Gasteiger partial charge in [0.1, 0.15) is 28.8 Å². The maximum atomic E-state index is 12.9. The molecule has 1 N–H and O–H groups in total. The second-order valence-corrected chi connectivity index (χ2v) is 14.0. The van der Waals surface area contributed by atoms with Crippen molar-refractivity contribution in [1.82, 2.24) is 24.5 Å². The van der Waals surface area contributed by atoms with E-state index in [1.807, 2.05) is 55.9 Å². The number of carbonyl (C=O) groups excluding carboxylic acids is 1. The van der Waals surface area contributed by atoms with Gasteiger partial charge in [0, 0.05) is 25.0 Å². The van der Waals surface area contributed by atoms with Gasteiger partial charge in [0.25, 0.3) is 0 Å². The highest BCUT2D eigenvalue weighted by Gasteiger charge is 2.35. The SMILES string of the molecule is COc1ccc(CNc2c(C#N)c(C#Cc3c(Cl)cc(C4CC4)c4c3cnn4C3CC3)nn2[C@H]2CCN(C(=O)OC(C)(C)C)C2)cc1. The third-order valence-corrected chi connectivity index (χ3v) is 9.18. The molecule has 242 valence electrons. The fourth-order valence-electron chi connectivity index (χ4n) is 6.21. The number of anilines is 1. The minimum absolute atomic E-state index is 0.173. The van der Waals surface area contributed by atoms with E-state index in [2.05, 4.69) is 34.0 Å². The van der Waals surface area contributed by atoms with Crippen LogP contribution in [-0.2, 0) is 11.3 Å². The number of amides is 1. The predicted octanol–water partition coefficient (Wildman–Crippen LogP) is 7.17. The summed E-state index contributed by atoms with van der Waals surface area (Å²) in [5.74, 6) is 8.33. The number of fused-ring (bicyclic) bond motifs is 1. The number of nitrogens with one attached hydrogen (secondary N) is 1. The van der Waals surface area contributed by atoms with Crippen LogP contribution in [0.5, 0.6) is 5.75 Å². The first-order chi connectivity index (χ1) is 22.6. The molecule has 2 aromatic heterocycles. The van der Waals surface area contributed by atoms with E-state index in [-0.39, 0.29) is 12.1 Å². The summed E-state index contributed by atoms with van der Waals surface area (Å²) in [5, 5.41) is 25.1. The zero-order chi connectivity index (χ0) is 32.9. The summed E-state index contributed by atoms with van der Waals surface area (Å²) in [6.07, 6.45) is 6.76. The molecule has 3 heterocycles. The maximum absolute atomic E-state index is 12.9. The number of benzene rings is 2. The van der Waals surface area contributed by atoms with E-state index in [4.69, 9.17) is 31.3 Å². The number of methoxy groups -OCH3 is 1. The molecule has 2 aliphatic carbocycles. The average molecular weight is 652 g/mol. The summed E-state index contributed by atoms with van der Waals surface area (Å²) in [6, 6.07) is 12.4. The fraction of sp³-hybridized carbons (Fsp3) is 0.444. The van der Waals surface area contributed by atoms with Gasteiger partial charge >= 0.3 is 6.09 Å². The van der Waals surface area contributed by atoms with Gasteiger partial charge in [0.2, 0.25) is 0 Å². The lowest BCUT2D eigenvalue weighted by Crippen LogP contribution is -2.35. The number of ether oxygens (including phenoxy) is 2. The monoisotopic (exact) mass is 651 g/mol. The number of hydrogen-bond donors (Lipinski definition) is 1. The number of likely N-dealkylation sites (tertiary alicyclic amines) is 1. The lowest BCUT2D eigenvalue weighted by atomic mass is 10.0. The molecule has 3 fully saturated rings. The number of nitrogens with zero attached hydrogens (tertiary/aromatic N) is 6. The van der Waals surface area contributed by atoms with Crippen LogP contribution in [0.2, 0.25) is 5.02 Å². The van der Waals surface area contributed by atoms with E-state index in [0.717, 1.165) is 47.9 Å². The maximum Gasteiger partial charge on any atom is 0.410 e. The first kappa shape index (κ1) is 31.0. The minimum atomic E-state index is -0.596. The largest absolute Gasteiger partial charge is 0.497 e. The quantitative estimate of drug-likeness (QED) is 0.211. The summed E-state index contributed by atoms with van der Waals surface area (Å²) >= 11 is 6.89. The van der Waals surface area contributed by atoms with Gasteiger partial charge in [-0.25, -0.2) is 9.48 Å². The molecule has 47 heavy (non-hydrogen) atoms. The van der Waals surface area contributed by atoms with Crippen LogP contribution >= 0.6 is 11.6 Å². The average Bonchev–Trinajstić information content (AvgIpc) is 3.95. The van der Waals surface area contributed by atoms with Gasteiger partial charge in [-0.3, -0.25) is 4.68 Å². The third kappa shape index (κ3) is 6.35. The number of aromatic nitrogens is 4. The first-order valence-corrected chi connectivity index (χ1v) is 16.6. The van der Waals surface area contributed by atoms with Crippen LogP contribution in [0.4, 0.5) is 10.6 Å². The molecule has 0 radical (unpaired) electrons. The van der Waals surface area contributed by atoms with Crippen molar-refractivity contribution in [2.24, 2.45) is 0 Å². The van der Waals surface area contributed by atoms with Gasteiger partial charge in [-0.05, 0) is 94.0 Å². The van der Waals surface area contributed by atoms with Crippen molar-refractivity contribution in [1.29, 1.82) is 5.26 Å². The van der Waals surface area contributed by atoms with Crippen LogP contribution in [0.15, 0.2) is 36.5 Å². The van der Waals surface area contributed by atoms with E-state index in [0.29, 0.717) is 65.7 Å². The van der Waals surface area contributed by atoms with Gasteiger partial charge in [-0.15, -0.1) is 0 Å². The number of carbonyl (C=O) groups is 1. The molecule has 1 aliphatic heterocycles. The molecule has 1 amide bonds. The molecule has 7 rings (SSSR count). The van der Waals surface area contributed by atoms with Crippen molar-refractivity contribution in [3.63, 3.8) is 0 Å². The Bertz CT molecular complexity index is 1950. The van der Waals surface area contributed by atoms with E-state index >= 15 is 0 Å². The Hall–Kier alpha value is -4.67. The summed E-state index contributed by atoms with van der Waals surface area (Å²) < 4.78 is 14.9. The van der Waals surface area contributed by atoms with Crippen molar-refractivity contribution in [2.75, 3.05) is 25.5 Å². The molecule has 1 atom stereocenters. The highest BCUT2D eigenvalue weighted by atomic mass is 35.5. The zero-order valence-electron chi connectivity index (χ0n) is 27.1. The normalized spacial score (nSPS) is 17.7. The Morgan fingerprint density at radius 3 is 2.49 bits per heavy atom. The van der Waals surface area contributed by atoms with Gasteiger partial charge in [-0.1, -0.05) is 29.7 Å². The van der Waals surface area contributed by atoms with Crippen LogP contribution in [-0.4, -0.2) is 56.4 Å². The van der Waals surface area contributed by atoms with Crippen LogP contribution in [0, 0.1) is 23.2 Å². The first-order valence-electron chi connectivity index (χ1n) is 16.2. The van der Waals surface area contributed by atoms with Gasteiger partial charge in [0.15, 0.2) is 5.69 Å². The summed E-state index contributed by atoms with van der Waals surface area (Å²) in [6.45, 7) is 6.94. The molecule has 0 spiro atoms. The Morgan fingerprint density at radius 2 is 1.83 bits per heavy atom. The molecule has 11 heteroatoms. The molecule has 0 bridgehead atoms. The Morgan fingerprint density at radius 1 is 1.06 bits per heavy atom. The lowest BCUT2D eigenvalue weighted by Gasteiger charge is -2.24. The van der Waals surface area contributed by atoms with E-state index < -0.39 is 5.60 Å². The number of hydrogen-bond acceptors (Lipinski definition) is 7. The fourth-order valence-corrected chi connectivity index (χ4v) is 6.48. The summed E-state index contributed by atoms with van der Waals surface area (Å²) in [4.78, 5) is 14.6. The van der Waals surface area contributed by atoms with Crippen molar-refractivity contribution >= 4 is 34.4 Å². The van der Waals surface area contributed by atoms with Crippen LogP contribution in [0.3, 0.4) is 0 Å². The summed E-state index contributed by atoms with van der Waals surface area (Å²) in [7, 11) is 1.63. The van der Waals surface area contributed by atoms with Gasteiger partial charge in [-0.2, -0.15) is 15.5 Å². The smallest absolute Gasteiger partial charge is 0.410 e. The Labute approximate surface area is 279 Å². The van der Waals surface area contributed by atoms with Crippen molar-refractivity contribution in [3.8, 4) is 23.7 Å². The zero-order valence-corrected chi connectivity index (χ0v) is 27.9. The Balaban J connectivity index is 1.25. The van der Waals surface area contributed by atoms with E-state index in [1.165, 1.54) is 5.56 Å². The summed E-state index contributed by atoms with van der Waals surface area (Å²) in [5.41, 5.74) is 4.19. The predicted molar refractivity (Wildman–Crippen MR) is 180 cm³/mol. The van der Waals surface area contributed by atoms with Crippen LogP contribution in [0.25, 0.3) is 10.9 Å². The number of rotatable bonds is 7. The molecule has 3 aliphatic rings. The lowest BCUT2D eigenvalue weighted by molar-refractivity contribution is 0.0288.